The van der Waals surface area contributed by atoms with Gasteiger partial charge < -0.3 is 0 Å². The van der Waals surface area contributed by atoms with E-state index in [0.29, 0.717) is 0 Å². The normalized spacial score (nSPS) is 12.7. The van der Waals surface area contributed by atoms with E-state index in [9.17, 15) is 0 Å². The number of nitrogens with one attached hydrogen (secondary N) is 1. The Balaban J connectivity index is 2.26. The van der Waals surface area contributed by atoms with Crippen LogP contribution in [0.1, 0.15) is 41.0 Å². The number of hydrazine groups is 1. The third kappa shape index (κ3) is 3.08. The van der Waals surface area contributed by atoms with Crippen molar-refractivity contribution in [1.82, 2.24) is 15.2 Å². The van der Waals surface area contributed by atoms with E-state index in [0.717, 1.165) is 18.7 Å². The molecule has 0 saturated heterocycles. The molecule has 1 heterocycles. The fourth-order valence-electron chi connectivity index (χ4n) is 2.50. The maximum absolute atomic E-state index is 5.76. The summed E-state index contributed by atoms with van der Waals surface area (Å²) < 4.78 is 2.04. The Kier molecular flexibility index (Phi) is 4.57. The van der Waals surface area contributed by atoms with Crippen molar-refractivity contribution < 1.29 is 0 Å². The second-order valence-electron chi connectivity index (χ2n) is 5.36. The van der Waals surface area contributed by atoms with E-state index in [1.54, 1.807) is 0 Å². The standard InChI is InChI=1S/C16H24N4/c1-5-20-15(9-13(4)19-20)10-16(18-17)14-7-6-11(2)12(3)8-14/h6-9,16,18H,5,10,17H2,1-4H3. The first-order valence-corrected chi connectivity index (χ1v) is 7.11. The Labute approximate surface area is 121 Å². The molecule has 0 aliphatic carbocycles. The molecular formula is C16H24N4. The lowest BCUT2D eigenvalue weighted by atomic mass is 9.98. The highest BCUT2D eigenvalue weighted by Crippen LogP contribution is 2.21. The van der Waals surface area contributed by atoms with Crippen LogP contribution >= 0.6 is 0 Å². The third-order valence-corrected chi connectivity index (χ3v) is 3.83. The van der Waals surface area contributed by atoms with Gasteiger partial charge in [-0.05, 0) is 50.5 Å². The van der Waals surface area contributed by atoms with Gasteiger partial charge in [0.2, 0.25) is 0 Å². The van der Waals surface area contributed by atoms with Crippen LogP contribution in [0.15, 0.2) is 24.3 Å². The highest BCUT2D eigenvalue weighted by atomic mass is 15.3. The Bertz CT molecular complexity index is 586. The van der Waals surface area contributed by atoms with Crippen molar-refractivity contribution in [1.29, 1.82) is 0 Å². The SMILES string of the molecule is CCn1nc(C)cc1CC(NN)c1ccc(C)c(C)c1. The first-order chi connectivity index (χ1) is 9.55. The fraction of sp³-hybridized carbons (Fsp3) is 0.438. The average Bonchev–Trinajstić information content (AvgIpc) is 2.79. The van der Waals surface area contributed by atoms with Crippen molar-refractivity contribution in [3.63, 3.8) is 0 Å². The van der Waals surface area contributed by atoms with E-state index in [2.05, 4.69) is 55.6 Å². The number of rotatable bonds is 5. The molecule has 0 aliphatic heterocycles. The van der Waals surface area contributed by atoms with Crippen LogP contribution in [0, 0.1) is 20.8 Å². The predicted octanol–water partition coefficient (Wildman–Crippen LogP) is 2.58. The number of aromatic nitrogens is 2. The van der Waals surface area contributed by atoms with Crippen molar-refractivity contribution in [3.8, 4) is 0 Å². The molecule has 20 heavy (non-hydrogen) atoms. The van der Waals surface area contributed by atoms with Gasteiger partial charge in [-0.1, -0.05) is 18.2 Å². The molecule has 2 rings (SSSR count). The third-order valence-electron chi connectivity index (χ3n) is 3.83. The van der Waals surface area contributed by atoms with Crippen LogP contribution in [0.4, 0.5) is 0 Å². The second-order valence-corrected chi connectivity index (χ2v) is 5.36. The largest absolute Gasteiger partial charge is 0.271 e. The summed E-state index contributed by atoms with van der Waals surface area (Å²) in [6.07, 6.45) is 0.841. The summed E-state index contributed by atoms with van der Waals surface area (Å²) in [7, 11) is 0. The smallest absolute Gasteiger partial charge is 0.0596 e. The van der Waals surface area contributed by atoms with Gasteiger partial charge in [0.05, 0.1) is 11.7 Å². The lowest BCUT2D eigenvalue weighted by Crippen LogP contribution is -2.30. The van der Waals surface area contributed by atoms with E-state index >= 15 is 0 Å². The lowest BCUT2D eigenvalue weighted by Gasteiger charge is -2.18. The fourth-order valence-corrected chi connectivity index (χ4v) is 2.50. The summed E-state index contributed by atoms with van der Waals surface area (Å²) in [6.45, 7) is 9.27. The molecule has 4 heteroatoms. The van der Waals surface area contributed by atoms with Gasteiger partial charge in [0.25, 0.3) is 0 Å². The zero-order chi connectivity index (χ0) is 14.7. The van der Waals surface area contributed by atoms with E-state index < -0.39 is 0 Å². The van der Waals surface area contributed by atoms with Gasteiger partial charge in [0.15, 0.2) is 0 Å². The molecule has 0 saturated carbocycles. The Morgan fingerprint density at radius 2 is 1.95 bits per heavy atom. The highest BCUT2D eigenvalue weighted by Gasteiger charge is 2.14. The second kappa shape index (κ2) is 6.20. The monoisotopic (exact) mass is 272 g/mol. The molecule has 0 fully saturated rings. The molecule has 4 nitrogen and oxygen atoms in total. The number of aryl methyl sites for hydroxylation is 4. The molecule has 0 amide bonds. The Hall–Kier alpha value is -1.65. The van der Waals surface area contributed by atoms with Gasteiger partial charge >= 0.3 is 0 Å². The van der Waals surface area contributed by atoms with Crippen LogP contribution in [0.25, 0.3) is 0 Å². The van der Waals surface area contributed by atoms with Crippen LogP contribution in [-0.2, 0) is 13.0 Å². The maximum atomic E-state index is 5.76. The summed E-state index contributed by atoms with van der Waals surface area (Å²) >= 11 is 0. The Morgan fingerprint density at radius 1 is 1.20 bits per heavy atom. The molecule has 0 radical (unpaired) electrons. The summed E-state index contributed by atoms with van der Waals surface area (Å²) in [6, 6.07) is 8.74. The summed E-state index contributed by atoms with van der Waals surface area (Å²) in [5.41, 5.74) is 9.02. The maximum Gasteiger partial charge on any atom is 0.0596 e. The van der Waals surface area contributed by atoms with Crippen molar-refractivity contribution in [3.05, 3.63) is 52.3 Å². The first kappa shape index (κ1) is 14.8. The Morgan fingerprint density at radius 3 is 2.55 bits per heavy atom. The van der Waals surface area contributed by atoms with Gasteiger partial charge in [-0.2, -0.15) is 5.10 Å². The van der Waals surface area contributed by atoms with Crippen molar-refractivity contribution in [2.45, 2.75) is 46.7 Å². The molecule has 1 atom stereocenters. The number of hydrogen-bond donors (Lipinski definition) is 2. The van der Waals surface area contributed by atoms with Crippen LogP contribution in [0.5, 0.6) is 0 Å². The van der Waals surface area contributed by atoms with Gasteiger partial charge in [0, 0.05) is 18.7 Å². The molecular weight excluding hydrogens is 248 g/mol. The zero-order valence-corrected chi connectivity index (χ0v) is 12.8. The van der Waals surface area contributed by atoms with Gasteiger partial charge in [-0.3, -0.25) is 16.0 Å². The van der Waals surface area contributed by atoms with Crippen molar-refractivity contribution in [2.24, 2.45) is 5.84 Å². The number of nitrogens with two attached hydrogens (primary N) is 1. The summed E-state index contributed by atoms with van der Waals surface area (Å²) in [4.78, 5) is 0. The minimum absolute atomic E-state index is 0.107. The molecule has 0 aliphatic rings. The van der Waals surface area contributed by atoms with Gasteiger partial charge in [-0.25, -0.2) is 0 Å². The molecule has 1 aromatic carbocycles. The van der Waals surface area contributed by atoms with E-state index in [-0.39, 0.29) is 6.04 Å². The van der Waals surface area contributed by atoms with Crippen LogP contribution in [0.3, 0.4) is 0 Å². The van der Waals surface area contributed by atoms with Gasteiger partial charge in [-0.15, -0.1) is 0 Å². The van der Waals surface area contributed by atoms with Crippen molar-refractivity contribution >= 4 is 0 Å². The molecule has 2 aromatic rings. The molecule has 108 valence electrons. The topological polar surface area (TPSA) is 55.9 Å². The summed E-state index contributed by atoms with van der Waals surface area (Å²) in [5, 5.41) is 4.49. The molecule has 1 unspecified atom stereocenters. The quantitative estimate of drug-likeness (QED) is 0.650. The van der Waals surface area contributed by atoms with Crippen LogP contribution in [-0.4, -0.2) is 9.78 Å². The first-order valence-electron chi connectivity index (χ1n) is 7.11. The number of benzene rings is 1. The molecule has 0 spiro atoms. The van der Waals surface area contributed by atoms with Crippen molar-refractivity contribution in [2.75, 3.05) is 0 Å². The van der Waals surface area contributed by atoms with Gasteiger partial charge in [0.1, 0.15) is 0 Å². The summed E-state index contributed by atoms with van der Waals surface area (Å²) in [5.74, 6) is 5.76. The average molecular weight is 272 g/mol. The lowest BCUT2D eigenvalue weighted by molar-refractivity contribution is 0.516. The van der Waals surface area contributed by atoms with E-state index in [4.69, 9.17) is 5.84 Å². The molecule has 1 aromatic heterocycles. The number of nitrogens with zero attached hydrogens (tertiary/aromatic N) is 2. The van der Waals surface area contributed by atoms with E-state index in [1.807, 2.05) is 11.6 Å². The predicted molar refractivity (Wildman–Crippen MR) is 82.3 cm³/mol. The molecule has 0 bridgehead atoms. The number of hydrogen-bond acceptors (Lipinski definition) is 3. The minimum atomic E-state index is 0.107. The highest BCUT2D eigenvalue weighted by molar-refractivity contribution is 5.32. The van der Waals surface area contributed by atoms with Crippen LogP contribution < -0.4 is 11.3 Å². The zero-order valence-electron chi connectivity index (χ0n) is 12.8. The molecule has 3 N–H and O–H groups in total. The van der Waals surface area contributed by atoms with E-state index in [1.165, 1.54) is 22.4 Å². The minimum Gasteiger partial charge on any atom is -0.271 e. The van der Waals surface area contributed by atoms with Crippen LogP contribution in [0.2, 0.25) is 0 Å².